The third-order valence-corrected chi connectivity index (χ3v) is 6.21. The van der Waals surface area contributed by atoms with Crippen molar-refractivity contribution in [3.05, 3.63) is 65.7 Å². The van der Waals surface area contributed by atoms with Gasteiger partial charge in [0.15, 0.2) is 0 Å². The number of halogens is 3. The number of likely N-dealkylation sites (N-methyl/N-ethyl adjacent to an activating group) is 1. The average Bonchev–Trinajstić information content (AvgIpc) is 2.76. The van der Waals surface area contributed by atoms with Gasteiger partial charge in [-0.15, -0.1) is 0 Å². The molecule has 7 nitrogen and oxygen atoms in total. The Kier molecular flexibility index (Phi) is 9.08. The molecule has 0 aliphatic carbocycles. The third kappa shape index (κ3) is 7.21. The van der Waals surface area contributed by atoms with Crippen molar-refractivity contribution >= 4 is 27.5 Å². The zero-order valence-corrected chi connectivity index (χ0v) is 20.0. The van der Waals surface area contributed by atoms with Gasteiger partial charge in [-0.2, -0.15) is 13.2 Å². The lowest BCUT2D eigenvalue weighted by Crippen LogP contribution is -2.52. The molecule has 0 aliphatic rings. The van der Waals surface area contributed by atoms with E-state index in [9.17, 15) is 31.2 Å². The summed E-state index contributed by atoms with van der Waals surface area (Å²) in [5.74, 6) is -1.12. The van der Waals surface area contributed by atoms with E-state index in [0.29, 0.717) is 22.5 Å². The fraction of sp³-hybridized carbons (Fsp3) is 0.391. The molecule has 1 N–H and O–H groups in total. The lowest BCUT2D eigenvalue weighted by Gasteiger charge is -2.32. The number of nitrogens with one attached hydrogen (secondary N) is 1. The largest absolute Gasteiger partial charge is 0.416 e. The molecule has 11 heteroatoms. The summed E-state index contributed by atoms with van der Waals surface area (Å²) in [5, 5.41) is 2.67. The van der Waals surface area contributed by atoms with Gasteiger partial charge in [0, 0.05) is 13.1 Å². The highest BCUT2D eigenvalue weighted by Gasteiger charge is 2.34. The van der Waals surface area contributed by atoms with Crippen molar-refractivity contribution in [3.63, 3.8) is 0 Å². The number of alkyl halides is 3. The maximum Gasteiger partial charge on any atom is 0.416 e. The number of sulfonamides is 1. The number of hydrogen-bond acceptors (Lipinski definition) is 4. The molecule has 0 aliphatic heterocycles. The van der Waals surface area contributed by atoms with Crippen molar-refractivity contribution in [1.82, 2.24) is 10.2 Å². The van der Waals surface area contributed by atoms with Crippen LogP contribution in [0.25, 0.3) is 0 Å². The Balaban J connectivity index is 2.46. The molecular formula is C23H28F3N3O4S. The zero-order chi connectivity index (χ0) is 25.5. The molecule has 0 spiro atoms. The Morgan fingerprint density at radius 1 is 1.03 bits per heavy atom. The molecule has 2 amide bonds. The van der Waals surface area contributed by atoms with Crippen LogP contribution in [0.3, 0.4) is 0 Å². The first-order chi connectivity index (χ1) is 15.9. The lowest BCUT2D eigenvalue weighted by molar-refractivity contribution is -0.140. The van der Waals surface area contributed by atoms with E-state index < -0.39 is 46.2 Å². The number of rotatable bonds is 10. The SMILES string of the molecule is CCNC(=O)[C@@H](CC)N(Cc1ccccc1)C(=O)CN(c1cccc(C(F)(F)F)c1)S(C)(=O)=O. The number of benzene rings is 2. The van der Waals surface area contributed by atoms with Crippen LogP contribution in [0.2, 0.25) is 0 Å². The second-order valence-electron chi connectivity index (χ2n) is 7.64. The summed E-state index contributed by atoms with van der Waals surface area (Å²) in [6, 6.07) is 11.7. The molecule has 0 radical (unpaired) electrons. The van der Waals surface area contributed by atoms with E-state index in [2.05, 4.69) is 5.32 Å². The molecule has 0 saturated carbocycles. The van der Waals surface area contributed by atoms with E-state index in [1.165, 1.54) is 11.0 Å². The summed E-state index contributed by atoms with van der Waals surface area (Å²) in [6.45, 7) is 3.04. The van der Waals surface area contributed by atoms with Crippen molar-refractivity contribution in [2.45, 2.75) is 39.0 Å². The Hall–Kier alpha value is -3.08. The standard InChI is InChI=1S/C23H28F3N3O4S/c1-4-20(22(31)27-5-2)28(15-17-10-7-6-8-11-17)21(30)16-29(34(3,32)33)19-13-9-12-18(14-19)23(24,25)26/h6-14,20H,4-5,15-16H2,1-3H3,(H,27,31)/t20-/m1/s1. The zero-order valence-electron chi connectivity index (χ0n) is 19.2. The first kappa shape index (κ1) is 27.2. The van der Waals surface area contributed by atoms with Crippen LogP contribution in [0, 0.1) is 0 Å². The van der Waals surface area contributed by atoms with Gasteiger partial charge < -0.3 is 10.2 Å². The van der Waals surface area contributed by atoms with Crippen LogP contribution >= 0.6 is 0 Å². The van der Waals surface area contributed by atoms with Crippen LogP contribution in [0.15, 0.2) is 54.6 Å². The van der Waals surface area contributed by atoms with Gasteiger partial charge >= 0.3 is 6.18 Å². The van der Waals surface area contributed by atoms with Crippen LogP contribution in [-0.4, -0.2) is 50.5 Å². The van der Waals surface area contributed by atoms with Gasteiger partial charge in [-0.1, -0.05) is 43.3 Å². The Labute approximate surface area is 197 Å². The summed E-state index contributed by atoms with van der Waals surface area (Å²) in [4.78, 5) is 27.3. The molecule has 186 valence electrons. The first-order valence-electron chi connectivity index (χ1n) is 10.6. The smallest absolute Gasteiger partial charge is 0.355 e. The van der Waals surface area contributed by atoms with Gasteiger partial charge in [0.05, 0.1) is 17.5 Å². The second-order valence-corrected chi connectivity index (χ2v) is 9.55. The Morgan fingerprint density at radius 2 is 1.68 bits per heavy atom. The first-order valence-corrected chi connectivity index (χ1v) is 12.5. The highest BCUT2D eigenvalue weighted by atomic mass is 32.2. The van der Waals surface area contributed by atoms with E-state index >= 15 is 0 Å². The topological polar surface area (TPSA) is 86.8 Å². The maximum absolute atomic E-state index is 13.4. The van der Waals surface area contributed by atoms with E-state index in [1.54, 1.807) is 44.2 Å². The molecule has 34 heavy (non-hydrogen) atoms. The monoisotopic (exact) mass is 499 g/mol. The van der Waals surface area contributed by atoms with Gasteiger partial charge in [0.1, 0.15) is 12.6 Å². The van der Waals surface area contributed by atoms with Crippen molar-refractivity contribution in [3.8, 4) is 0 Å². The number of amides is 2. The number of carbonyl (C=O) groups is 2. The summed E-state index contributed by atoms with van der Waals surface area (Å²) in [7, 11) is -4.13. The van der Waals surface area contributed by atoms with Crippen molar-refractivity contribution in [1.29, 1.82) is 0 Å². The minimum Gasteiger partial charge on any atom is -0.355 e. The molecule has 2 aromatic rings. The van der Waals surface area contributed by atoms with E-state index in [1.807, 2.05) is 0 Å². The average molecular weight is 500 g/mol. The van der Waals surface area contributed by atoms with E-state index in [0.717, 1.165) is 18.4 Å². The van der Waals surface area contributed by atoms with Gasteiger partial charge in [0.25, 0.3) is 0 Å². The van der Waals surface area contributed by atoms with Crippen LogP contribution in [0.1, 0.15) is 31.4 Å². The molecule has 0 fully saturated rings. The Morgan fingerprint density at radius 3 is 2.21 bits per heavy atom. The number of nitrogens with zero attached hydrogens (tertiary/aromatic N) is 2. The molecule has 2 rings (SSSR count). The van der Waals surface area contributed by atoms with Crippen molar-refractivity contribution < 1.29 is 31.2 Å². The quantitative estimate of drug-likeness (QED) is 0.543. The van der Waals surface area contributed by atoms with Crippen molar-refractivity contribution in [2.24, 2.45) is 0 Å². The fourth-order valence-electron chi connectivity index (χ4n) is 3.44. The van der Waals surface area contributed by atoms with Crippen LogP contribution in [-0.2, 0) is 32.3 Å². The van der Waals surface area contributed by atoms with Gasteiger partial charge in [-0.05, 0) is 37.1 Å². The molecule has 0 aromatic heterocycles. The van der Waals surface area contributed by atoms with E-state index in [4.69, 9.17) is 0 Å². The van der Waals surface area contributed by atoms with Gasteiger partial charge in [0.2, 0.25) is 21.8 Å². The molecule has 2 aromatic carbocycles. The molecule has 0 saturated heterocycles. The highest BCUT2D eigenvalue weighted by Crippen LogP contribution is 2.32. The minimum absolute atomic E-state index is 0.0233. The summed E-state index contributed by atoms with van der Waals surface area (Å²) in [6.07, 6.45) is -3.62. The molecule has 1 atom stereocenters. The van der Waals surface area contributed by atoms with Gasteiger partial charge in [-0.25, -0.2) is 8.42 Å². The van der Waals surface area contributed by atoms with Gasteiger partial charge in [-0.3, -0.25) is 13.9 Å². The Bertz CT molecular complexity index is 1090. The lowest BCUT2D eigenvalue weighted by atomic mass is 10.1. The van der Waals surface area contributed by atoms with Crippen LogP contribution in [0.4, 0.5) is 18.9 Å². The molecular weight excluding hydrogens is 471 g/mol. The summed E-state index contributed by atoms with van der Waals surface area (Å²) in [5.41, 5.74) is -0.624. The summed E-state index contributed by atoms with van der Waals surface area (Å²) < 4.78 is 65.1. The molecule has 0 bridgehead atoms. The molecule has 0 heterocycles. The summed E-state index contributed by atoms with van der Waals surface area (Å²) >= 11 is 0. The number of hydrogen-bond donors (Lipinski definition) is 1. The number of carbonyl (C=O) groups excluding carboxylic acids is 2. The minimum atomic E-state index is -4.69. The molecule has 0 unspecified atom stereocenters. The normalized spacial score (nSPS) is 12.6. The van der Waals surface area contributed by atoms with Crippen LogP contribution in [0.5, 0.6) is 0 Å². The predicted molar refractivity (Wildman–Crippen MR) is 123 cm³/mol. The van der Waals surface area contributed by atoms with Crippen LogP contribution < -0.4 is 9.62 Å². The second kappa shape index (κ2) is 11.4. The van der Waals surface area contributed by atoms with Crippen molar-refractivity contribution in [2.75, 3.05) is 23.7 Å². The van der Waals surface area contributed by atoms with E-state index in [-0.39, 0.29) is 18.7 Å². The third-order valence-electron chi connectivity index (χ3n) is 5.07. The maximum atomic E-state index is 13.4. The fourth-order valence-corrected chi connectivity index (χ4v) is 4.28. The predicted octanol–water partition coefficient (Wildman–Crippen LogP) is 3.41. The highest BCUT2D eigenvalue weighted by molar-refractivity contribution is 7.92. The number of anilines is 1.